The Morgan fingerprint density at radius 1 is 1.65 bits per heavy atom. The number of aromatic nitrogens is 1. The van der Waals surface area contributed by atoms with E-state index in [1.165, 1.54) is 17.8 Å². The summed E-state index contributed by atoms with van der Waals surface area (Å²) in [6.07, 6.45) is 3.46. The Hall–Kier alpha value is -1.14. The number of carbonyl (C=O) groups excluding carboxylic acids is 1. The maximum atomic E-state index is 11.9. The van der Waals surface area contributed by atoms with Crippen molar-refractivity contribution in [2.45, 2.75) is 32.3 Å². The standard InChI is InChI=1S/C11H17N3O2S/c1-7-9(17-11(12)14-7)10(15)13-6-8-4-2-3-5-16-8/h8H,2-6H2,1H3,(H2,12,14)(H,13,15). The van der Waals surface area contributed by atoms with E-state index >= 15 is 0 Å². The molecule has 3 N–H and O–H groups in total. The summed E-state index contributed by atoms with van der Waals surface area (Å²) < 4.78 is 5.55. The van der Waals surface area contributed by atoms with Gasteiger partial charge in [-0.3, -0.25) is 4.79 Å². The quantitative estimate of drug-likeness (QED) is 0.854. The topological polar surface area (TPSA) is 77.2 Å². The summed E-state index contributed by atoms with van der Waals surface area (Å²) in [6.45, 7) is 3.15. The molecule has 0 spiro atoms. The SMILES string of the molecule is Cc1nc(N)sc1C(=O)NCC1CCCCO1. The molecule has 1 aromatic rings. The molecule has 1 fully saturated rings. The maximum Gasteiger partial charge on any atom is 0.263 e. The molecule has 1 saturated heterocycles. The first-order valence-corrected chi connectivity index (χ1v) is 6.61. The van der Waals surface area contributed by atoms with E-state index in [1.54, 1.807) is 6.92 Å². The average molecular weight is 255 g/mol. The van der Waals surface area contributed by atoms with Crippen molar-refractivity contribution in [1.29, 1.82) is 0 Å². The number of nitrogens with two attached hydrogens (primary N) is 1. The van der Waals surface area contributed by atoms with E-state index in [0.717, 1.165) is 19.4 Å². The summed E-state index contributed by atoms with van der Waals surface area (Å²) in [5, 5.41) is 3.31. The number of amides is 1. The second-order valence-corrected chi connectivity index (χ2v) is 5.20. The lowest BCUT2D eigenvalue weighted by molar-refractivity contribution is 0.0169. The number of nitrogens with one attached hydrogen (secondary N) is 1. The predicted octanol–water partition coefficient (Wildman–Crippen LogP) is 1.33. The molecule has 2 heterocycles. The molecule has 0 bridgehead atoms. The van der Waals surface area contributed by atoms with Gasteiger partial charge in [0.1, 0.15) is 4.88 Å². The molecular formula is C11H17N3O2S. The zero-order valence-electron chi connectivity index (χ0n) is 9.86. The Morgan fingerprint density at radius 3 is 3.06 bits per heavy atom. The van der Waals surface area contributed by atoms with Crippen LogP contribution < -0.4 is 11.1 Å². The van der Waals surface area contributed by atoms with E-state index in [4.69, 9.17) is 10.5 Å². The van der Waals surface area contributed by atoms with Gasteiger partial charge in [0.15, 0.2) is 5.13 Å². The van der Waals surface area contributed by atoms with E-state index in [2.05, 4.69) is 10.3 Å². The highest BCUT2D eigenvalue weighted by molar-refractivity contribution is 7.17. The van der Waals surface area contributed by atoms with Crippen LogP contribution >= 0.6 is 11.3 Å². The molecule has 1 unspecified atom stereocenters. The van der Waals surface area contributed by atoms with Crippen LogP contribution in [0.3, 0.4) is 0 Å². The van der Waals surface area contributed by atoms with Gasteiger partial charge in [0.25, 0.3) is 5.91 Å². The molecule has 1 amide bonds. The van der Waals surface area contributed by atoms with Gasteiger partial charge in [0.05, 0.1) is 11.8 Å². The van der Waals surface area contributed by atoms with Gasteiger partial charge in [0, 0.05) is 13.2 Å². The van der Waals surface area contributed by atoms with Crippen molar-refractivity contribution in [3.63, 3.8) is 0 Å². The molecule has 17 heavy (non-hydrogen) atoms. The zero-order valence-corrected chi connectivity index (χ0v) is 10.7. The van der Waals surface area contributed by atoms with E-state index < -0.39 is 0 Å². The second-order valence-electron chi connectivity index (χ2n) is 4.17. The van der Waals surface area contributed by atoms with Crippen LogP contribution in [-0.2, 0) is 4.74 Å². The molecule has 0 radical (unpaired) electrons. The van der Waals surface area contributed by atoms with E-state index in [9.17, 15) is 4.79 Å². The number of nitrogen functional groups attached to an aromatic ring is 1. The van der Waals surface area contributed by atoms with Crippen molar-refractivity contribution in [3.8, 4) is 0 Å². The normalized spacial score (nSPS) is 20.2. The summed E-state index contributed by atoms with van der Waals surface area (Å²) in [5.41, 5.74) is 6.25. The lowest BCUT2D eigenvalue weighted by Gasteiger charge is -2.22. The lowest BCUT2D eigenvalue weighted by atomic mass is 10.1. The highest BCUT2D eigenvalue weighted by Crippen LogP contribution is 2.19. The predicted molar refractivity (Wildman–Crippen MR) is 67.2 cm³/mol. The minimum absolute atomic E-state index is 0.106. The monoisotopic (exact) mass is 255 g/mol. The highest BCUT2D eigenvalue weighted by atomic mass is 32.1. The van der Waals surface area contributed by atoms with Gasteiger partial charge in [-0.25, -0.2) is 4.98 Å². The molecular weight excluding hydrogens is 238 g/mol. The van der Waals surface area contributed by atoms with Gasteiger partial charge in [-0.15, -0.1) is 0 Å². The molecule has 2 rings (SSSR count). The van der Waals surface area contributed by atoms with Crippen molar-refractivity contribution in [2.24, 2.45) is 0 Å². The van der Waals surface area contributed by atoms with Crippen molar-refractivity contribution in [3.05, 3.63) is 10.6 Å². The largest absolute Gasteiger partial charge is 0.376 e. The summed E-state index contributed by atoms with van der Waals surface area (Å²) in [4.78, 5) is 16.5. The molecule has 6 heteroatoms. The first kappa shape index (κ1) is 12.3. The molecule has 0 aromatic carbocycles. The van der Waals surface area contributed by atoms with Crippen LogP contribution in [0.5, 0.6) is 0 Å². The number of carbonyl (C=O) groups is 1. The van der Waals surface area contributed by atoms with Crippen molar-refractivity contribution < 1.29 is 9.53 Å². The van der Waals surface area contributed by atoms with Gasteiger partial charge < -0.3 is 15.8 Å². The van der Waals surface area contributed by atoms with Gasteiger partial charge in [-0.2, -0.15) is 0 Å². The van der Waals surface area contributed by atoms with Gasteiger partial charge in [-0.05, 0) is 26.2 Å². The molecule has 1 aliphatic heterocycles. The van der Waals surface area contributed by atoms with E-state index in [1.807, 2.05) is 0 Å². The summed E-state index contributed by atoms with van der Waals surface area (Å²) in [6, 6.07) is 0. The fourth-order valence-corrected chi connectivity index (χ4v) is 2.63. The van der Waals surface area contributed by atoms with Crippen LogP contribution in [-0.4, -0.2) is 30.1 Å². The number of hydrogen-bond donors (Lipinski definition) is 2. The van der Waals surface area contributed by atoms with E-state index in [-0.39, 0.29) is 12.0 Å². The molecule has 1 atom stereocenters. The summed E-state index contributed by atoms with van der Waals surface area (Å²) in [7, 11) is 0. The van der Waals surface area contributed by atoms with Crippen LogP contribution in [0.15, 0.2) is 0 Å². The van der Waals surface area contributed by atoms with Gasteiger partial charge in [-0.1, -0.05) is 11.3 Å². The maximum absolute atomic E-state index is 11.9. The molecule has 1 aromatic heterocycles. The van der Waals surface area contributed by atoms with Crippen LogP contribution in [0.2, 0.25) is 0 Å². The minimum atomic E-state index is -0.106. The molecule has 94 valence electrons. The Morgan fingerprint density at radius 2 is 2.47 bits per heavy atom. The summed E-state index contributed by atoms with van der Waals surface area (Å²) >= 11 is 1.22. The number of nitrogens with zero attached hydrogens (tertiary/aromatic N) is 1. The summed E-state index contributed by atoms with van der Waals surface area (Å²) in [5.74, 6) is -0.106. The Kier molecular flexibility index (Phi) is 3.96. The highest BCUT2D eigenvalue weighted by Gasteiger charge is 2.18. The fourth-order valence-electron chi connectivity index (χ4n) is 1.88. The number of ether oxygens (including phenoxy) is 1. The molecule has 5 nitrogen and oxygen atoms in total. The zero-order chi connectivity index (χ0) is 12.3. The van der Waals surface area contributed by atoms with Crippen LogP contribution in [0, 0.1) is 6.92 Å². The van der Waals surface area contributed by atoms with Gasteiger partial charge in [0.2, 0.25) is 0 Å². The van der Waals surface area contributed by atoms with Crippen molar-refractivity contribution in [2.75, 3.05) is 18.9 Å². The van der Waals surface area contributed by atoms with Crippen LogP contribution in [0.25, 0.3) is 0 Å². The minimum Gasteiger partial charge on any atom is -0.376 e. The Bertz CT molecular complexity index is 399. The lowest BCUT2D eigenvalue weighted by Crippen LogP contribution is -2.35. The number of aryl methyl sites for hydroxylation is 1. The first-order chi connectivity index (χ1) is 8.16. The van der Waals surface area contributed by atoms with Crippen LogP contribution in [0.1, 0.15) is 34.6 Å². The molecule has 0 aliphatic carbocycles. The second kappa shape index (κ2) is 5.46. The molecule has 0 saturated carbocycles. The number of hydrogen-bond acceptors (Lipinski definition) is 5. The van der Waals surface area contributed by atoms with E-state index in [0.29, 0.717) is 22.2 Å². The number of rotatable bonds is 3. The molecule has 1 aliphatic rings. The Labute approximate surface area is 104 Å². The third kappa shape index (κ3) is 3.17. The number of anilines is 1. The van der Waals surface area contributed by atoms with Crippen LogP contribution in [0.4, 0.5) is 5.13 Å². The third-order valence-corrected chi connectivity index (χ3v) is 3.77. The van der Waals surface area contributed by atoms with Crippen molar-refractivity contribution in [1.82, 2.24) is 10.3 Å². The van der Waals surface area contributed by atoms with Gasteiger partial charge >= 0.3 is 0 Å². The third-order valence-electron chi connectivity index (χ3n) is 2.78. The Balaban J connectivity index is 1.86. The smallest absolute Gasteiger partial charge is 0.263 e. The average Bonchev–Trinajstić information content (AvgIpc) is 2.67. The number of thiazole rings is 1. The van der Waals surface area contributed by atoms with Crippen molar-refractivity contribution >= 4 is 22.4 Å². The fraction of sp³-hybridized carbons (Fsp3) is 0.636. The first-order valence-electron chi connectivity index (χ1n) is 5.79.